The normalized spacial score (nSPS) is 12.3. The molecule has 0 saturated carbocycles. The second kappa shape index (κ2) is 7.90. The lowest BCUT2D eigenvalue weighted by Gasteiger charge is -2.19. The SMILES string of the molecule is O=C(OCc1cc(-c2ccccc2)on1)c1ccc2c(c1Cl)C(=O)c1ccccc1C2=O. The number of esters is 1. The molecular formula is C25H14ClNO5. The van der Waals surface area contributed by atoms with Gasteiger partial charge in [0, 0.05) is 28.3 Å². The maximum atomic E-state index is 13.0. The van der Waals surface area contributed by atoms with Crippen LogP contribution < -0.4 is 0 Å². The number of hydrogen-bond acceptors (Lipinski definition) is 6. The summed E-state index contributed by atoms with van der Waals surface area (Å²) in [6.45, 7) is -0.141. The Hall–Kier alpha value is -4.03. The van der Waals surface area contributed by atoms with Crippen LogP contribution in [0.4, 0.5) is 0 Å². The lowest BCUT2D eigenvalue weighted by molar-refractivity contribution is 0.0464. The highest BCUT2D eigenvalue weighted by Crippen LogP contribution is 2.34. The summed E-state index contributed by atoms with van der Waals surface area (Å²) in [5.41, 5.74) is 2.02. The fraction of sp³-hybridized carbons (Fsp3) is 0.0400. The molecule has 0 spiro atoms. The molecule has 1 aromatic heterocycles. The molecule has 0 unspecified atom stereocenters. The number of nitrogens with zero attached hydrogens (tertiary/aromatic N) is 1. The average molecular weight is 444 g/mol. The minimum Gasteiger partial charge on any atom is -0.455 e. The highest BCUT2D eigenvalue weighted by atomic mass is 35.5. The number of carbonyl (C=O) groups is 3. The van der Waals surface area contributed by atoms with Crippen LogP contribution in [0.2, 0.25) is 5.02 Å². The van der Waals surface area contributed by atoms with Crippen LogP contribution in [0.25, 0.3) is 11.3 Å². The summed E-state index contributed by atoms with van der Waals surface area (Å²) in [5, 5.41) is 3.81. The van der Waals surface area contributed by atoms with Gasteiger partial charge >= 0.3 is 5.97 Å². The van der Waals surface area contributed by atoms with Crippen LogP contribution in [0.5, 0.6) is 0 Å². The van der Waals surface area contributed by atoms with Crippen molar-refractivity contribution in [3.8, 4) is 11.3 Å². The van der Waals surface area contributed by atoms with Crippen LogP contribution >= 0.6 is 11.6 Å². The number of hydrogen-bond donors (Lipinski definition) is 0. The van der Waals surface area contributed by atoms with E-state index in [9.17, 15) is 14.4 Å². The Balaban J connectivity index is 1.38. The summed E-state index contributed by atoms with van der Waals surface area (Å²) >= 11 is 6.41. The lowest BCUT2D eigenvalue weighted by Crippen LogP contribution is -2.22. The topological polar surface area (TPSA) is 86.5 Å². The second-order valence-corrected chi connectivity index (χ2v) is 7.56. The van der Waals surface area contributed by atoms with Gasteiger partial charge in [0.15, 0.2) is 17.3 Å². The van der Waals surface area contributed by atoms with Gasteiger partial charge in [-0.1, -0.05) is 71.4 Å². The first-order chi connectivity index (χ1) is 15.5. The lowest BCUT2D eigenvalue weighted by atomic mass is 9.83. The molecule has 6 nitrogen and oxygen atoms in total. The molecule has 1 heterocycles. The van der Waals surface area contributed by atoms with Crippen LogP contribution in [0.3, 0.4) is 0 Å². The monoisotopic (exact) mass is 443 g/mol. The van der Waals surface area contributed by atoms with Gasteiger partial charge in [0.1, 0.15) is 12.3 Å². The van der Waals surface area contributed by atoms with Crippen molar-refractivity contribution in [2.24, 2.45) is 0 Å². The highest BCUT2D eigenvalue weighted by Gasteiger charge is 2.33. The van der Waals surface area contributed by atoms with E-state index in [1.807, 2.05) is 30.3 Å². The third kappa shape index (κ3) is 3.31. The van der Waals surface area contributed by atoms with Crippen LogP contribution in [0.1, 0.15) is 47.9 Å². The molecule has 0 saturated heterocycles. The van der Waals surface area contributed by atoms with Crippen molar-refractivity contribution in [1.82, 2.24) is 5.16 Å². The zero-order chi connectivity index (χ0) is 22.2. The first kappa shape index (κ1) is 19.9. The molecule has 1 aliphatic rings. The van der Waals surface area contributed by atoms with Gasteiger partial charge in [-0.2, -0.15) is 0 Å². The Morgan fingerprint density at radius 1 is 0.875 bits per heavy atom. The van der Waals surface area contributed by atoms with Gasteiger partial charge in [-0.25, -0.2) is 4.79 Å². The van der Waals surface area contributed by atoms with Gasteiger partial charge in [0.2, 0.25) is 0 Å². The third-order valence-electron chi connectivity index (χ3n) is 5.22. The van der Waals surface area contributed by atoms with E-state index in [4.69, 9.17) is 20.9 Å². The predicted octanol–water partition coefficient (Wildman–Crippen LogP) is 5.13. The molecule has 4 aromatic rings. The second-order valence-electron chi connectivity index (χ2n) is 7.18. The maximum Gasteiger partial charge on any atom is 0.340 e. The van der Waals surface area contributed by atoms with Gasteiger partial charge in [-0.3, -0.25) is 9.59 Å². The number of aromatic nitrogens is 1. The van der Waals surface area contributed by atoms with Crippen molar-refractivity contribution in [2.45, 2.75) is 6.61 Å². The molecule has 3 aromatic carbocycles. The molecule has 0 aliphatic heterocycles. The molecule has 0 atom stereocenters. The van der Waals surface area contributed by atoms with Crippen molar-refractivity contribution in [1.29, 1.82) is 0 Å². The predicted molar refractivity (Wildman–Crippen MR) is 116 cm³/mol. The van der Waals surface area contributed by atoms with E-state index in [-0.39, 0.29) is 39.7 Å². The van der Waals surface area contributed by atoms with Gasteiger partial charge < -0.3 is 9.26 Å². The van der Waals surface area contributed by atoms with E-state index >= 15 is 0 Å². The molecule has 0 N–H and O–H groups in total. The number of halogens is 1. The van der Waals surface area contributed by atoms with Crippen LogP contribution in [0, 0.1) is 0 Å². The fourth-order valence-electron chi connectivity index (χ4n) is 3.64. The van der Waals surface area contributed by atoms with Crippen molar-refractivity contribution in [2.75, 3.05) is 0 Å². The number of benzene rings is 3. The Kier molecular flexibility index (Phi) is 4.92. The molecule has 5 rings (SSSR count). The van der Waals surface area contributed by atoms with Gasteiger partial charge in [-0.15, -0.1) is 0 Å². The van der Waals surface area contributed by atoms with E-state index in [1.165, 1.54) is 12.1 Å². The molecule has 0 fully saturated rings. The maximum absolute atomic E-state index is 13.0. The third-order valence-corrected chi connectivity index (χ3v) is 5.61. The van der Waals surface area contributed by atoms with E-state index in [1.54, 1.807) is 30.3 Å². The molecular weight excluding hydrogens is 430 g/mol. The van der Waals surface area contributed by atoms with E-state index in [0.717, 1.165) is 5.56 Å². The van der Waals surface area contributed by atoms with Crippen LogP contribution in [0.15, 0.2) is 77.3 Å². The number of fused-ring (bicyclic) bond motifs is 2. The Morgan fingerprint density at radius 2 is 1.56 bits per heavy atom. The summed E-state index contributed by atoms with van der Waals surface area (Å²) in [5.74, 6) is -0.903. The van der Waals surface area contributed by atoms with Crippen molar-refractivity contribution < 1.29 is 23.6 Å². The standard InChI is InChI=1S/C25H14ClNO5/c26-22-19(11-10-18-21(22)24(29)17-9-5-4-8-16(17)23(18)28)25(30)31-13-15-12-20(32-27-15)14-6-2-1-3-7-14/h1-12H,13H2. The highest BCUT2D eigenvalue weighted by molar-refractivity contribution is 6.41. The largest absolute Gasteiger partial charge is 0.455 e. The number of ketones is 2. The van der Waals surface area contributed by atoms with Crippen LogP contribution in [-0.2, 0) is 11.3 Å². The van der Waals surface area contributed by atoms with E-state index in [2.05, 4.69) is 5.16 Å². The number of carbonyl (C=O) groups excluding carboxylic acids is 3. The number of rotatable bonds is 4. The first-order valence-corrected chi connectivity index (χ1v) is 10.1. The fourth-order valence-corrected chi connectivity index (χ4v) is 3.97. The molecule has 0 amide bonds. The zero-order valence-corrected chi connectivity index (χ0v) is 17.3. The molecule has 156 valence electrons. The van der Waals surface area contributed by atoms with Gasteiger partial charge in [0.25, 0.3) is 0 Å². The van der Waals surface area contributed by atoms with Crippen molar-refractivity contribution in [3.05, 3.63) is 111 Å². The smallest absolute Gasteiger partial charge is 0.340 e. The van der Waals surface area contributed by atoms with Crippen molar-refractivity contribution >= 4 is 29.1 Å². The summed E-state index contributed by atoms with van der Waals surface area (Å²) in [4.78, 5) is 38.4. The summed E-state index contributed by atoms with van der Waals surface area (Å²) in [7, 11) is 0. The quantitative estimate of drug-likeness (QED) is 0.358. The number of ether oxygens (including phenoxy) is 1. The van der Waals surface area contributed by atoms with Gasteiger partial charge in [0.05, 0.1) is 16.1 Å². The molecule has 0 bridgehead atoms. The summed E-state index contributed by atoms with van der Waals surface area (Å²) in [6, 6.07) is 20.4. The Labute approximate surface area is 187 Å². The molecule has 7 heteroatoms. The Bertz CT molecular complexity index is 1390. The average Bonchev–Trinajstić information content (AvgIpc) is 3.30. The first-order valence-electron chi connectivity index (χ1n) is 9.73. The van der Waals surface area contributed by atoms with E-state index in [0.29, 0.717) is 17.0 Å². The van der Waals surface area contributed by atoms with Crippen LogP contribution in [-0.4, -0.2) is 22.7 Å². The zero-order valence-electron chi connectivity index (χ0n) is 16.5. The molecule has 1 aliphatic carbocycles. The van der Waals surface area contributed by atoms with E-state index < -0.39 is 11.8 Å². The summed E-state index contributed by atoms with van der Waals surface area (Å²) < 4.78 is 10.6. The summed E-state index contributed by atoms with van der Waals surface area (Å²) in [6.07, 6.45) is 0. The molecule has 0 radical (unpaired) electrons. The van der Waals surface area contributed by atoms with Crippen molar-refractivity contribution in [3.63, 3.8) is 0 Å². The Morgan fingerprint density at radius 3 is 2.31 bits per heavy atom. The minimum absolute atomic E-state index is 0.00211. The van der Waals surface area contributed by atoms with Gasteiger partial charge in [-0.05, 0) is 12.1 Å². The molecule has 32 heavy (non-hydrogen) atoms. The minimum atomic E-state index is -0.735.